The number of aliphatic hydroxyl groups is 2. The van der Waals surface area contributed by atoms with Crippen molar-refractivity contribution in [1.82, 2.24) is 0 Å². The molecule has 0 aliphatic carbocycles. The Morgan fingerprint density at radius 2 is 2.08 bits per heavy atom. The minimum Gasteiger partial charge on any atom is -0.456 e. The fraction of sp³-hybridized carbons (Fsp3) is 0.550. The van der Waals surface area contributed by atoms with E-state index in [9.17, 15) is 15.0 Å². The summed E-state index contributed by atoms with van der Waals surface area (Å²) in [5.41, 5.74) is -1.52. The van der Waals surface area contributed by atoms with Gasteiger partial charge in [-0.3, -0.25) is 0 Å². The number of esters is 1. The molecule has 0 unspecified atom stereocenters. The summed E-state index contributed by atoms with van der Waals surface area (Å²) < 4.78 is 11.9. The highest BCUT2D eigenvalue weighted by atomic mass is 16.6. The van der Waals surface area contributed by atoms with Crippen LogP contribution in [0, 0.1) is 0 Å². The number of rotatable bonds is 6. The SMILES string of the molecule is C=CCC[C@@]1(C)O[C@@H](CO)[C@](C)(O)CC[C@@H]1OC(=O)c1ccccc1. The third-order valence-electron chi connectivity index (χ3n) is 4.97. The van der Waals surface area contributed by atoms with E-state index in [0.717, 1.165) is 0 Å². The zero-order valence-electron chi connectivity index (χ0n) is 15.0. The molecule has 1 aromatic carbocycles. The second-order valence-corrected chi connectivity index (χ2v) is 7.08. The Balaban J connectivity index is 2.25. The van der Waals surface area contributed by atoms with Crippen molar-refractivity contribution in [3.05, 3.63) is 48.6 Å². The Labute approximate surface area is 149 Å². The molecule has 5 nitrogen and oxygen atoms in total. The zero-order valence-corrected chi connectivity index (χ0v) is 15.0. The van der Waals surface area contributed by atoms with E-state index in [0.29, 0.717) is 31.2 Å². The number of carbonyl (C=O) groups excluding carboxylic acids is 1. The van der Waals surface area contributed by atoms with Crippen molar-refractivity contribution in [3.63, 3.8) is 0 Å². The van der Waals surface area contributed by atoms with E-state index in [1.54, 1.807) is 37.3 Å². The molecular formula is C20H28O5. The molecule has 2 rings (SSSR count). The second-order valence-electron chi connectivity index (χ2n) is 7.08. The molecule has 1 aliphatic heterocycles. The van der Waals surface area contributed by atoms with Crippen molar-refractivity contribution in [3.8, 4) is 0 Å². The van der Waals surface area contributed by atoms with E-state index in [2.05, 4.69) is 6.58 Å². The number of aliphatic hydroxyl groups excluding tert-OH is 1. The van der Waals surface area contributed by atoms with Crippen molar-refractivity contribution in [1.29, 1.82) is 0 Å². The fourth-order valence-corrected chi connectivity index (χ4v) is 3.22. The van der Waals surface area contributed by atoms with E-state index >= 15 is 0 Å². The summed E-state index contributed by atoms with van der Waals surface area (Å²) in [6.07, 6.45) is 2.60. The van der Waals surface area contributed by atoms with Crippen molar-refractivity contribution in [2.24, 2.45) is 0 Å². The molecule has 0 bridgehead atoms. The van der Waals surface area contributed by atoms with Gasteiger partial charge in [-0.2, -0.15) is 0 Å². The molecule has 25 heavy (non-hydrogen) atoms. The first-order chi connectivity index (χ1) is 11.8. The predicted molar refractivity (Wildman–Crippen MR) is 95.3 cm³/mol. The van der Waals surface area contributed by atoms with Gasteiger partial charge in [0, 0.05) is 0 Å². The summed E-state index contributed by atoms with van der Waals surface area (Å²) in [6.45, 7) is 6.95. The lowest BCUT2D eigenvalue weighted by Gasteiger charge is -2.38. The summed E-state index contributed by atoms with van der Waals surface area (Å²) in [6, 6.07) is 8.80. The highest BCUT2D eigenvalue weighted by molar-refractivity contribution is 5.89. The second kappa shape index (κ2) is 8.13. The maximum Gasteiger partial charge on any atom is 0.338 e. The van der Waals surface area contributed by atoms with Crippen molar-refractivity contribution >= 4 is 5.97 Å². The lowest BCUT2D eigenvalue weighted by atomic mass is 9.88. The third-order valence-corrected chi connectivity index (χ3v) is 4.97. The predicted octanol–water partition coefficient (Wildman–Crippen LogP) is 2.86. The summed E-state index contributed by atoms with van der Waals surface area (Å²) >= 11 is 0. The molecular weight excluding hydrogens is 320 g/mol. The zero-order chi connectivity index (χ0) is 18.5. The summed E-state index contributed by atoms with van der Waals surface area (Å²) in [4.78, 5) is 12.5. The van der Waals surface area contributed by atoms with Gasteiger partial charge in [-0.05, 0) is 51.7 Å². The maximum absolute atomic E-state index is 12.5. The molecule has 4 atom stereocenters. The van der Waals surface area contributed by atoms with E-state index in [4.69, 9.17) is 9.47 Å². The number of ether oxygens (including phenoxy) is 2. The topological polar surface area (TPSA) is 76.0 Å². The molecule has 1 fully saturated rings. The third kappa shape index (κ3) is 4.69. The van der Waals surface area contributed by atoms with Crippen molar-refractivity contribution in [2.75, 3.05) is 6.61 Å². The van der Waals surface area contributed by atoms with Gasteiger partial charge in [0.1, 0.15) is 17.8 Å². The monoisotopic (exact) mass is 348 g/mol. The van der Waals surface area contributed by atoms with Gasteiger partial charge in [0.15, 0.2) is 0 Å². The smallest absolute Gasteiger partial charge is 0.338 e. The van der Waals surface area contributed by atoms with Gasteiger partial charge in [0.25, 0.3) is 0 Å². The molecule has 0 amide bonds. The van der Waals surface area contributed by atoms with Crippen LogP contribution in [-0.2, 0) is 9.47 Å². The quantitative estimate of drug-likeness (QED) is 0.611. The molecule has 1 aromatic rings. The number of hydrogen-bond donors (Lipinski definition) is 2. The lowest BCUT2D eigenvalue weighted by Crippen LogP contribution is -2.49. The lowest BCUT2D eigenvalue weighted by molar-refractivity contribution is -0.189. The van der Waals surface area contributed by atoms with Gasteiger partial charge < -0.3 is 19.7 Å². The first-order valence-corrected chi connectivity index (χ1v) is 8.70. The standard InChI is InChI=1S/C20H28O5/c1-4-5-12-20(3)16(11-13-19(2,23)17(14-21)25-20)24-18(22)15-9-7-6-8-10-15/h4,6-10,16-17,21,23H,1,5,11-14H2,2-3H3/t16-,17-,19+,20+/m0/s1. The van der Waals surface area contributed by atoms with E-state index in [1.807, 2.05) is 13.0 Å². The molecule has 2 N–H and O–H groups in total. The Morgan fingerprint density at radius 3 is 2.68 bits per heavy atom. The molecule has 1 aliphatic rings. The molecule has 1 saturated heterocycles. The van der Waals surface area contributed by atoms with Crippen LogP contribution in [0.1, 0.15) is 49.9 Å². The number of hydrogen-bond acceptors (Lipinski definition) is 5. The van der Waals surface area contributed by atoms with Crippen molar-refractivity contribution < 1.29 is 24.5 Å². The van der Waals surface area contributed by atoms with Crippen LogP contribution in [0.3, 0.4) is 0 Å². The normalized spacial score (nSPS) is 32.6. The van der Waals surface area contributed by atoms with Crippen LogP contribution >= 0.6 is 0 Å². The van der Waals surface area contributed by atoms with Crippen molar-refractivity contribution in [2.45, 2.75) is 62.9 Å². The number of carbonyl (C=O) groups is 1. The van der Waals surface area contributed by atoms with Crippen LogP contribution < -0.4 is 0 Å². The highest BCUT2D eigenvalue weighted by Crippen LogP contribution is 2.38. The summed E-state index contributed by atoms with van der Waals surface area (Å²) in [5.74, 6) is -0.416. The Bertz CT molecular complexity index is 583. The Kier molecular flexibility index (Phi) is 6.38. The first-order valence-electron chi connectivity index (χ1n) is 8.70. The van der Waals surface area contributed by atoms with Gasteiger partial charge >= 0.3 is 5.97 Å². The fourth-order valence-electron chi connectivity index (χ4n) is 3.22. The Morgan fingerprint density at radius 1 is 1.40 bits per heavy atom. The van der Waals surface area contributed by atoms with E-state index < -0.39 is 29.4 Å². The minimum atomic E-state index is -1.18. The van der Waals surface area contributed by atoms with Crippen LogP contribution in [-0.4, -0.2) is 46.2 Å². The number of benzene rings is 1. The van der Waals surface area contributed by atoms with Gasteiger partial charge in [0.05, 0.1) is 17.8 Å². The van der Waals surface area contributed by atoms with Gasteiger partial charge in [-0.1, -0.05) is 24.3 Å². The molecule has 0 saturated carbocycles. The van der Waals surface area contributed by atoms with Gasteiger partial charge in [-0.15, -0.1) is 6.58 Å². The first kappa shape index (κ1) is 19.6. The van der Waals surface area contributed by atoms with Gasteiger partial charge in [0.2, 0.25) is 0 Å². The molecule has 1 heterocycles. The Hall–Kier alpha value is -1.69. The summed E-state index contributed by atoms with van der Waals surface area (Å²) in [7, 11) is 0. The van der Waals surface area contributed by atoms with Gasteiger partial charge in [-0.25, -0.2) is 4.79 Å². The van der Waals surface area contributed by atoms with Crippen LogP contribution in [0.2, 0.25) is 0 Å². The van der Waals surface area contributed by atoms with Crippen LogP contribution in [0.4, 0.5) is 0 Å². The van der Waals surface area contributed by atoms with E-state index in [1.165, 1.54) is 0 Å². The average Bonchev–Trinajstić information content (AvgIpc) is 2.70. The maximum atomic E-state index is 12.5. The molecule has 0 aromatic heterocycles. The largest absolute Gasteiger partial charge is 0.456 e. The highest BCUT2D eigenvalue weighted by Gasteiger charge is 2.48. The number of allylic oxidation sites excluding steroid dienone is 1. The van der Waals surface area contributed by atoms with Crippen LogP contribution in [0.25, 0.3) is 0 Å². The average molecular weight is 348 g/mol. The molecule has 5 heteroatoms. The minimum absolute atomic E-state index is 0.296. The molecule has 138 valence electrons. The summed E-state index contributed by atoms with van der Waals surface area (Å²) in [5, 5.41) is 20.2. The molecule has 0 radical (unpaired) electrons. The molecule has 0 spiro atoms. The van der Waals surface area contributed by atoms with Crippen LogP contribution in [0.5, 0.6) is 0 Å². The van der Waals surface area contributed by atoms with E-state index in [-0.39, 0.29) is 6.61 Å². The van der Waals surface area contributed by atoms with Crippen LogP contribution in [0.15, 0.2) is 43.0 Å².